The summed E-state index contributed by atoms with van der Waals surface area (Å²) in [6.45, 7) is 5.02. The van der Waals surface area contributed by atoms with Crippen molar-refractivity contribution in [1.29, 1.82) is 0 Å². The molecule has 0 fully saturated rings. The van der Waals surface area contributed by atoms with Crippen LogP contribution in [0.15, 0.2) is 48.5 Å². The second-order valence-electron chi connectivity index (χ2n) is 6.66. The van der Waals surface area contributed by atoms with Gasteiger partial charge in [0.15, 0.2) is 11.5 Å². The fourth-order valence-electron chi connectivity index (χ4n) is 2.65. The molecule has 0 aromatic heterocycles. The van der Waals surface area contributed by atoms with Crippen LogP contribution in [-0.2, 0) is 15.3 Å². The molecule has 28 heavy (non-hydrogen) atoms. The van der Waals surface area contributed by atoms with Crippen LogP contribution in [0.4, 0.5) is 5.69 Å². The van der Waals surface area contributed by atoms with Crippen molar-refractivity contribution in [3.05, 3.63) is 54.1 Å². The molecule has 0 saturated heterocycles. The molecular formula is C22H29NO4S. The first-order chi connectivity index (χ1) is 13.5. The monoisotopic (exact) mass is 403 g/mol. The fourth-order valence-corrected chi connectivity index (χ4v) is 3.81. The maximum absolute atomic E-state index is 12.9. The average Bonchev–Trinajstić information content (AvgIpc) is 2.69. The van der Waals surface area contributed by atoms with Gasteiger partial charge in [0.1, 0.15) is 6.61 Å². The van der Waals surface area contributed by atoms with E-state index in [9.17, 15) is 4.79 Å². The van der Waals surface area contributed by atoms with Crippen LogP contribution in [0.2, 0.25) is 0 Å². The van der Waals surface area contributed by atoms with Gasteiger partial charge in [0.05, 0.1) is 19.0 Å². The lowest BCUT2D eigenvalue weighted by molar-refractivity contribution is -0.116. The molecule has 2 aromatic rings. The van der Waals surface area contributed by atoms with Gasteiger partial charge in [-0.05, 0) is 23.6 Å². The molecule has 152 valence electrons. The minimum Gasteiger partial charge on any atom is -0.493 e. The molecule has 0 aliphatic heterocycles. The van der Waals surface area contributed by atoms with E-state index in [1.54, 1.807) is 38.1 Å². The summed E-state index contributed by atoms with van der Waals surface area (Å²) in [7, 11) is 3.21. The number of methoxy groups -OCH3 is 2. The van der Waals surface area contributed by atoms with Crippen LogP contribution in [0.1, 0.15) is 19.4 Å². The highest BCUT2D eigenvalue weighted by Crippen LogP contribution is 2.31. The van der Waals surface area contributed by atoms with Crippen molar-refractivity contribution in [3.63, 3.8) is 0 Å². The molecule has 0 aliphatic rings. The van der Waals surface area contributed by atoms with Crippen LogP contribution in [0.3, 0.4) is 0 Å². The summed E-state index contributed by atoms with van der Waals surface area (Å²) in [4.78, 5) is 12.9. The molecule has 5 nitrogen and oxygen atoms in total. The Morgan fingerprint density at radius 3 is 2.43 bits per heavy atom. The van der Waals surface area contributed by atoms with Crippen LogP contribution in [-0.4, -0.2) is 38.6 Å². The average molecular weight is 404 g/mol. The third-order valence-electron chi connectivity index (χ3n) is 4.11. The smallest absolute Gasteiger partial charge is 0.237 e. The van der Waals surface area contributed by atoms with E-state index in [0.29, 0.717) is 30.4 Å². The molecule has 0 saturated carbocycles. The van der Waals surface area contributed by atoms with E-state index in [1.165, 1.54) is 5.56 Å². The van der Waals surface area contributed by atoms with Gasteiger partial charge in [0, 0.05) is 24.6 Å². The fraction of sp³-hybridized carbons (Fsp3) is 0.409. The highest BCUT2D eigenvalue weighted by Gasteiger charge is 2.23. The molecule has 6 heteroatoms. The van der Waals surface area contributed by atoms with Gasteiger partial charge < -0.3 is 19.5 Å². The molecule has 2 aromatic carbocycles. The Bertz CT molecular complexity index is 737. The van der Waals surface area contributed by atoms with Gasteiger partial charge in [-0.2, -0.15) is 0 Å². The molecule has 0 aliphatic carbocycles. The standard InChI is InChI=1S/C22H29NO4S/c1-16(2)21(28-15-17-8-6-5-7-9-17)22(24)23-18-10-11-19(26-4)20(14-18)27-13-12-25-3/h5-11,14,16,21H,12-13,15H2,1-4H3,(H,23,24). The second-order valence-corrected chi connectivity index (χ2v) is 7.79. The number of amides is 1. The number of hydrogen-bond acceptors (Lipinski definition) is 5. The van der Waals surface area contributed by atoms with Crippen LogP contribution in [0.5, 0.6) is 11.5 Å². The number of nitrogens with one attached hydrogen (secondary N) is 1. The summed E-state index contributed by atoms with van der Waals surface area (Å²) < 4.78 is 16.0. The molecule has 1 N–H and O–H groups in total. The molecule has 1 amide bonds. The number of hydrogen-bond donors (Lipinski definition) is 1. The van der Waals surface area contributed by atoms with Crippen molar-refractivity contribution in [1.82, 2.24) is 0 Å². The van der Waals surface area contributed by atoms with Crippen molar-refractivity contribution < 1.29 is 19.0 Å². The molecule has 1 unspecified atom stereocenters. The summed E-state index contributed by atoms with van der Waals surface area (Å²) in [5.74, 6) is 2.20. The van der Waals surface area contributed by atoms with Crippen molar-refractivity contribution in [2.45, 2.75) is 24.9 Å². The van der Waals surface area contributed by atoms with E-state index < -0.39 is 0 Å². The molecular weight excluding hydrogens is 374 g/mol. The Labute approximate surface area is 171 Å². The van der Waals surface area contributed by atoms with Crippen molar-refractivity contribution in [2.75, 3.05) is 32.8 Å². The van der Waals surface area contributed by atoms with Gasteiger partial charge in [0.2, 0.25) is 5.91 Å². The number of thioether (sulfide) groups is 1. The lowest BCUT2D eigenvalue weighted by atomic mass is 10.1. The molecule has 0 radical (unpaired) electrons. The molecule has 0 bridgehead atoms. The Hall–Kier alpha value is -2.18. The number of carbonyl (C=O) groups excluding carboxylic acids is 1. The number of carbonyl (C=O) groups is 1. The SMILES string of the molecule is COCCOc1cc(NC(=O)C(SCc2ccccc2)C(C)C)ccc1OC. The molecule has 1 atom stereocenters. The van der Waals surface area contributed by atoms with Crippen molar-refractivity contribution in [2.24, 2.45) is 5.92 Å². The summed E-state index contributed by atoms with van der Waals surface area (Å²) in [5.41, 5.74) is 1.90. The summed E-state index contributed by atoms with van der Waals surface area (Å²) >= 11 is 1.65. The largest absolute Gasteiger partial charge is 0.493 e. The zero-order valence-electron chi connectivity index (χ0n) is 16.9. The van der Waals surface area contributed by atoms with Gasteiger partial charge in [-0.25, -0.2) is 0 Å². The van der Waals surface area contributed by atoms with Gasteiger partial charge in [-0.15, -0.1) is 11.8 Å². The summed E-state index contributed by atoms with van der Waals surface area (Å²) in [5, 5.41) is 2.86. The molecule has 2 rings (SSSR count). The summed E-state index contributed by atoms with van der Waals surface area (Å²) in [6.07, 6.45) is 0. The van der Waals surface area contributed by atoms with E-state index >= 15 is 0 Å². The van der Waals surface area contributed by atoms with E-state index in [-0.39, 0.29) is 17.1 Å². The van der Waals surface area contributed by atoms with Gasteiger partial charge in [0.25, 0.3) is 0 Å². The number of anilines is 1. The first-order valence-corrected chi connectivity index (χ1v) is 10.4. The van der Waals surface area contributed by atoms with Crippen LogP contribution in [0, 0.1) is 5.92 Å². The molecule has 0 heterocycles. The van der Waals surface area contributed by atoms with Crippen molar-refractivity contribution >= 4 is 23.4 Å². The van der Waals surface area contributed by atoms with Crippen LogP contribution in [0.25, 0.3) is 0 Å². The minimum absolute atomic E-state index is 0.0102. The van der Waals surface area contributed by atoms with E-state index in [4.69, 9.17) is 14.2 Å². The third-order valence-corrected chi connectivity index (χ3v) is 5.73. The van der Waals surface area contributed by atoms with E-state index in [0.717, 1.165) is 5.75 Å². The van der Waals surface area contributed by atoms with Gasteiger partial charge in [-0.1, -0.05) is 44.2 Å². The normalized spacial score (nSPS) is 11.9. The first kappa shape index (κ1) is 22.1. The quantitative estimate of drug-likeness (QED) is 0.555. The highest BCUT2D eigenvalue weighted by molar-refractivity contribution is 7.99. The minimum atomic E-state index is -0.153. The van der Waals surface area contributed by atoms with Crippen LogP contribution >= 0.6 is 11.8 Å². The van der Waals surface area contributed by atoms with Gasteiger partial charge >= 0.3 is 0 Å². The Morgan fingerprint density at radius 1 is 1.04 bits per heavy atom. The maximum Gasteiger partial charge on any atom is 0.237 e. The maximum atomic E-state index is 12.9. The number of ether oxygens (including phenoxy) is 3. The zero-order valence-corrected chi connectivity index (χ0v) is 17.8. The topological polar surface area (TPSA) is 56.8 Å². The predicted octanol–water partition coefficient (Wildman–Crippen LogP) is 4.62. The number of benzene rings is 2. The highest BCUT2D eigenvalue weighted by atomic mass is 32.2. The number of rotatable bonds is 11. The molecule has 0 spiro atoms. The zero-order chi connectivity index (χ0) is 20.4. The Balaban J connectivity index is 2.04. The van der Waals surface area contributed by atoms with E-state index in [1.807, 2.05) is 24.3 Å². The third kappa shape index (κ3) is 6.77. The second kappa shape index (κ2) is 11.6. The van der Waals surface area contributed by atoms with E-state index in [2.05, 4.69) is 31.3 Å². The summed E-state index contributed by atoms with van der Waals surface area (Å²) in [6, 6.07) is 15.6. The lowest BCUT2D eigenvalue weighted by Gasteiger charge is -2.20. The van der Waals surface area contributed by atoms with Crippen LogP contribution < -0.4 is 14.8 Å². The predicted molar refractivity (Wildman–Crippen MR) is 115 cm³/mol. The van der Waals surface area contributed by atoms with Gasteiger partial charge in [-0.3, -0.25) is 4.79 Å². The van der Waals surface area contributed by atoms with Crippen molar-refractivity contribution in [3.8, 4) is 11.5 Å². The Morgan fingerprint density at radius 2 is 1.79 bits per heavy atom. The Kier molecular flexibility index (Phi) is 9.17. The first-order valence-electron chi connectivity index (χ1n) is 9.31. The lowest BCUT2D eigenvalue weighted by Crippen LogP contribution is -2.29.